The summed E-state index contributed by atoms with van der Waals surface area (Å²) in [6, 6.07) is 22.3. The zero-order valence-corrected chi connectivity index (χ0v) is 58.0. The maximum Gasteiger partial charge on any atom is 0.246 e. The number of benzene rings is 4. The van der Waals surface area contributed by atoms with E-state index in [0.717, 1.165) is 11.1 Å². The molecule has 24 heteroatoms. The standard InChI is InChI=1S/C74H103N13O11/c1-44(2)40-55-66(90)82-57(42-48-22-12-9-13-23-48)73(97)86-38-20-30-59(86)68(92)84-62(46(5)6)71(95)79-54(29-19-37-76)65(89)81-56(41-45(3)4)67(91)83-58(43-49-32-34-52(35-33-49)77-70(94)61(50-24-14-10-15-25-50)51-26-16-11-17-27-51)74(98)87-39-21-31-60(87)69(93)85-63(47(7)8)72(96)78-53(28-18-36-75)64(88)80-55/h9-17,22-27,32-35,44-47,53-63H,18-21,28-31,36-43,75-76H2,1-8H3,(H,77,94)(H,78,96)(H,79,95)(H,80,88)(H,81,89)(H,82,90)(H,83,91)(H,84,92)(H,85,93)/t53-,54-,55-,56-,57-,58-,59-,60-,62-,63-/m0/s1. The number of amides is 11. The molecule has 11 amide bonds. The van der Waals surface area contributed by atoms with Gasteiger partial charge >= 0.3 is 0 Å². The molecule has 10 atom stereocenters. The van der Waals surface area contributed by atoms with E-state index >= 15 is 14.4 Å². The van der Waals surface area contributed by atoms with Gasteiger partial charge in [0.05, 0.1) is 5.92 Å². The third-order valence-corrected chi connectivity index (χ3v) is 18.2. The van der Waals surface area contributed by atoms with E-state index in [1.54, 1.807) is 76.2 Å². The predicted octanol–water partition coefficient (Wildman–Crippen LogP) is 4.00. The lowest BCUT2D eigenvalue weighted by Crippen LogP contribution is -2.62. The highest BCUT2D eigenvalue weighted by atomic mass is 16.2. The minimum atomic E-state index is -1.36. The largest absolute Gasteiger partial charge is 0.343 e. The topological polar surface area (TPSA) is 355 Å². The van der Waals surface area contributed by atoms with Crippen molar-refractivity contribution in [2.45, 2.75) is 199 Å². The van der Waals surface area contributed by atoms with Crippen molar-refractivity contribution in [2.24, 2.45) is 35.1 Å². The second-order valence-electron chi connectivity index (χ2n) is 27.7. The van der Waals surface area contributed by atoms with E-state index in [0.29, 0.717) is 29.7 Å². The molecule has 0 radical (unpaired) electrons. The molecular formula is C74H103N13O11. The first-order valence-electron chi connectivity index (χ1n) is 34.8. The van der Waals surface area contributed by atoms with E-state index in [4.69, 9.17) is 11.5 Å². The molecule has 3 saturated heterocycles. The van der Waals surface area contributed by atoms with E-state index in [-0.39, 0.29) is 108 Å². The number of hydrogen-bond acceptors (Lipinski definition) is 13. The summed E-state index contributed by atoms with van der Waals surface area (Å²) in [6.45, 7) is 14.8. The van der Waals surface area contributed by atoms with Crippen LogP contribution in [0.25, 0.3) is 0 Å². The van der Waals surface area contributed by atoms with E-state index in [2.05, 4.69) is 47.9 Å². The molecule has 3 heterocycles. The van der Waals surface area contributed by atoms with Crippen LogP contribution in [0.15, 0.2) is 115 Å². The Hall–Kier alpha value is -9.03. The highest BCUT2D eigenvalue weighted by molar-refractivity contribution is 6.01. The van der Waals surface area contributed by atoms with Gasteiger partial charge in [-0.15, -0.1) is 0 Å². The van der Waals surface area contributed by atoms with Crippen LogP contribution in [0.3, 0.4) is 0 Å². The van der Waals surface area contributed by atoms with Crippen LogP contribution in [0.1, 0.15) is 148 Å². The minimum absolute atomic E-state index is 0.0109. The van der Waals surface area contributed by atoms with Crippen molar-refractivity contribution in [1.29, 1.82) is 0 Å². The lowest BCUT2D eigenvalue weighted by molar-refractivity contribution is -0.143. The maximum absolute atomic E-state index is 15.4. The number of carbonyl (C=O) groups excluding carboxylic acids is 11. The fourth-order valence-corrected chi connectivity index (χ4v) is 13.0. The Morgan fingerprint density at radius 3 is 1.14 bits per heavy atom. The van der Waals surface area contributed by atoms with E-state index < -0.39 is 137 Å². The van der Waals surface area contributed by atoms with Crippen molar-refractivity contribution >= 4 is 70.7 Å². The molecule has 3 aliphatic heterocycles. The fourth-order valence-electron chi connectivity index (χ4n) is 13.0. The SMILES string of the molecule is CC(C)C[C@@H]1NC(=O)[C@H](CCCN)NC(=O)[C@H](C(C)C)NC(=O)[C@@H]2CCCN2C(=O)[C@H](Cc2ccccc2)NC(=O)[C@H](CC(C)C)NC(=O)[C@H](CCCN)NC(=O)[C@H](C(C)C)NC(=O)[C@@H]2CCCN2C(=O)[C@H](Cc2ccc(NC(=O)C(c3ccccc3)c3ccccc3)cc2)NC1=O. The second-order valence-corrected chi connectivity index (χ2v) is 27.7. The average Bonchev–Trinajstić information content (AvgIpc) is 1.55. The van der Waals surface area contributed by atoms with Crippen molar-refractivity contribution in [3.63, 3.8) is 0 Å². The van der Waals surface area contributed by atoms with E-state index in [9.17, 15) is 38.4 Å². The van der Waals surface area contributed by atoms with Gasteiger partial charge in [-0.3, -0.25) is 52.7 Å². The van der Waals surface area contributed by atoms with Gasteiger partial charge in [-0.1, -0.05) is 159 Å². The molecule has 7 rings (SSSR count). The molecule has 3 aliphatic rings. The number of anilines is 1. The second kappa shape index (κ2) is 37.1. The summed E-state index contributed by atoms with van der Waals surface area (Å²) in [6.07, 6.45) is 1.91. The molecule has 4 aromatic carbocycles. The van der Waals surface area contributed by atoms with Crippen molar-refractivity contribution in [2.75, 3.05) is 31.5 Å². The minimum Gasteiger partial charge on any atom is -0.343 e. The van der Waals surface area contributed by atoms with Crippen molar-refractivity contribution in [3.8, 4) is 0 Å². The Labute approximate surface area is 576 Å². The normalized spacial score (nSPS) is 24.1. The van der Waals surface area contributed by atoms with Gasteiger partial charge in [0.15, 0.2) is 0 Å². The van der Waals surface area contributed by atoms with Gasteiger partial charge in [0, 0.05) is 31.6 Å². The average molecular weight is 1350 g/mol. The molecule has 4 aromatic rings. The highest BCUT2D eigenvalue weighted by Crippen LogP contribution is 2.28. The molecule has 530 valence electrons. The van der Waals surface area contributed by atoms with Crippen LogP contribution < -0.4 is 59.3 Å². The summed E-state index contributed by atoms with van der Waals surface area (Å²) in [5.41, 5.74) is 15.3. The number of rotatable bonds is 20. The van der Waals surface area contributed by atoms with Crippen LogP contribution >= 0.6 is 0 Å². The third-order valence-electron chi connectivity index (χ3n) is 18.2. The number of nitrogens with two attached hydrogens (primary N) is 2. The van der Waals surface area contributed by atoms with Crippen molar-refractivity contribution in [1.82, 2.24) is 52.3 Å². The first kappa shape index (κ1) is 76.3. The van der Waals surface area contributed by atoms with Gasteiger partial charge < -0.3 is 69.1 Å². The summed E-state index contributed by atoms with van der Waals surface area (Å²) >= 11 is 0. The summed E-state index contributed by atoms with van der Waals surface area (Å²) in [5, 5.41) is 26.0. The van der Waals surface area contributed by atoms with Crippen LogP contribution in [-0.2, 0) is 65.6 Å². The zero-order chi connectivity index (χ0) is 71.2. The maximum atomic E-state index is 15.4. The third kappa shape index (κ3) is 21.5. The Bertz CT molecular complexity index is 3320. The molecular weight excluding hydrogens is 1250 g/mol. The Balaban J connectivity index is 1.25. The van der Waals surface area contributed by atoms with Crippen LogP contribution in [-0.4, -0.2) is 161 Å². The molecule has 98 heavy (non-hydrogen) atoms. The van der Waals surface area contributed by atoms with Crippen molar-refractivity contribution in [3.05, 3.63) is 138 Å². The smallest absolute Gasteiger partial charge is 0.246 e. The van der Waals surface area contributed by atoms with Crippen LogP contribution in [0.4, 0.5) is 5.69 Å². The Morgan fingerprint density at radius 2 is 0.776 bits per heavy atom. The summed E-state index contributed by atoms with van der Waals surface area (Å²) in [7, 11) is 0. The van der Waals surface area contributed by atoms with Crippen LogP contribution in [0, 0.1) is 23.7 Å². The van der Waals surface area contributed by atoms with E-state index in [1.165, 1.54) is 9.80 Å². The lowest BCUT2D eigenvalue weighted by Gasteiger charge is -2.33. The van der Waals surface area contributed by atoms with Gasteiger partial charge in [0.25, 0.3) is 0 Å². The van der Waals surface area contributed by atoms with Crippen molar-refractivity contribution < 1.29 is 52.7 Å². The zero-order valence-electron chi connectivity index (χ0n) is 58.0. The monoisotopic (exact) mass is 1350 g/mol. The van der Waals surface area contributed by atoms with Gasteiger partial charge in [0.1, 0.15) is 60.4 Å². The Morgan fingerprint density at radius 1 is 0.429 bits per heavy atom. The molecule has 0 spiro atoms. The summed E-state index contributed by atoms with van der Waals surface area (Å²) in [5.74, 6) is -9.22. The first-order valence-corrected chi connectivity index (χ1v) is 34.8. The fraction of sp³-hybridized carbons (Fsp3) is 0.527. The molecule has 0 unspecified atom stereocenters. The molecule has 24 nitrogen and oxygen atoms in total. The quantitative estimate of drug-likeness (QED) is 0.0597. The summed E-state index contributed by atoms with van der Waals surface area (Å²) < 4.78 is 0. The number of fused-ring (bicyclic) bond motifs is 2. The molecule has 13 N–H and O–H groups in total. The van der Waals surface area contributed by atoms with Crippen LogP contribution in [0.2, 0.25) is 0 Å². The van der Waals surface area contributed by atoms with Gasteiger partial charge in [-0.2, -0.15) is 0 Å². The number of nitrogens with zero attached hydrogens (tertiary/aromatic N) is 2. The van der Waals surface area contributed by atoms with Gasteiger partial charge in [-0.05, 0) is 135 Å². The predicted molar refractivity (Wildman–Crippen MR) is 374 cm³/mol. The molecule has 3 fully saturated rings. The summed E-state index contributed by atoms with van der Waals surface area (Å²) in [4.78, 5) is 165. The van der Waals surface area contributed by atoms with Gasteiger partial charge in [0.2, 0.25) is 65.0 Å². The first-order chi connectivity index (χ1) is 46.9. The Kier molecular flexibility index (Phi) is 28.9. The molecule has 0 saturated carbocycles. The number of nitrogens with one attached hydrogen (secondary N) is 9. The van der Waals surface area contributed by atoms with Gasteiger partial charge in [-0.25, -0.2) is 0 Å². The molecule has 0 bridgehead atoms. The van der Waals surface area contributed by atoms with Crippen LogP contribution in [0.5, 0.6) is 0 Å². The molecule has 0 aromatic heterocycles. The molecule has 0 aliphatic carbocycles. The lowest BCUT2D eigenvalue weighted by atomic mass is 9.90. The highest BCUT2D eigenvalue weighted by Gasteiger charge is 2.44. The van der Waals surface area contributed by atoms with E-state index in [1.807, 2.05) is 94.4 Å². The number of carbonyl (C=O) groups is 11. The number of hydrogen-bond donors (Lipinski definition) is 11.